The third-order valence-electron chi connectivity index (χ3n) is 5.18. The molecule has 3 aromatic carbocycles. The third-order valence-corrected chi connectivity index (χ3v) is 7.48. The molecule has 0 saturated carbocycles. The minimum Gasteiger partial charge on any atom is -0.284 e. The Labute approximate surface area is 192 Å². The van der Waals surface area contributed by atoms with Gasteiger partial charge in [-0.15, -0.1) is 0 Å². The van der Waals surface area contributed by atoms with Crippen LogP contribution in [0.1, 0.15) is 29.2 Å². The number of hydrogen-bond acceptors (Lipinski definition) is 5. The lowest BCUT2D eigenvalue weighted by Gasteiger charge is -2.23. The molecule has 4 rings (SSSR count). The summed E-state index contributed by atoms with van der Waals surface area (Å²) < 4.78 is 66.6. The fourth-order valence-electron chi connectivity index (χ4n) is 3.67. The minimum absolute atomic E-state index is 0.0562. The van der Waals surface area contributed by atoms with E-state index in [4.69, 9.17) is 0 Å². The van der Waals surface area contributed by atoms with Crippen LogP contribution in [0.2, 0.25) is 0 Å². The largest absolute Gasteiger partial charge is 0.284 e. The molecule has 1 aliphatic heterocycles. The number of rotatable bonds is 6. The Morgan fingerprint density at radius 3 is 2.24 bits per heavy atom. The van der Waals surface area contributed by atoms with E-state index in [2.05, 4.69) is 9.82 Å². The Morgan fingerprint density at radius 2 is 1.64 bits per heavy atom. The van der Waals surface area contributed by atoms with Crippen molar-refractivity contribution in [2.24, 2.45) is 5.10 Å². The number of sulfonamides is 2. The fraction of sp³-hybridized carbons (Fsp3) is 0.174. The highest BCUT2D eigenvalue weighted by Gasteiger charge is 2.37. The summed E-state index contributed by atoms with van der Waals surface area (Å²) in [4.78, 5) is -0.0562. The Hall–Kier alpha value is -3.24. The SMILES string of the molecule is Cc1cccc([C@H]2CC(c3ccc(NS(C)(=O)=O)cc3)=NN2S(=O)(=O)c2ccc(F)cc2)c1. The van der Waals surface area contributed by atoms with Gasteiger partial charge in [0, 0.05) is 12.1 Å². The monoisotopic (exact) mass is 487 g/mol. The van der Waals surface area contributed by atoms with Gasteiger partial charge in [-0.1, -0.05) is 42.0 Å². The fourth-order valence-corrected chi connectivity index (χ4v) is 5.67. The van der Waals surface area contributed by atoms with E-state index in [1.807, 2.05) is 31.2 Å². The molecule has 0 aliphatic carbocycles. The molecule has 3 aromatic rings. The second-order valence-electron chi connectivity index (χ2n) is 7.86. The van der Waals surface area contributed by atoms with E-state index < -0.39 is 31.9 Å². The van der Waals surface area contributed by atoms with E-state index >= 15 is 0 Å². The van der Waals surface area contributed by atoms with E-state index in [1.165, 1.54) is 12.1 Å². The molecule has 33 heavy (non-hydrogen) atoms. The molecule has 0 fully saturated rings. The van der Waals surface area contributed by atoms with Crippen LogP contribution in [0.15, 0.2) is 82.8 Å². The number of nitrogens with zero attached hydrogens (tertiary/aromatic N) is 2. The maximum atomic E-state index is 13.4. The third kappa shape index (κ3) is 5.07. The van der Waals surface area contributed by atoms with E-state index in [-0.39, 0.29) is 4.90 Å². The molecule has 7 nitrogen and oxygen atoms in total. The van der Waals surface area contributed by atoms with Crippen molar-refractivity contribution in [2.75, 3.05) is 11.0 Å². The molecule has 10 heteroatoms. The Bertz CT molecular complexity index is 1420. The van der Waals surface area contributed by atoms with Crippen LogP contribution < -0.4 is 4.72 Å². The summed E-state index contributed by atoms with van der Waals surface area (Å²) in [7, 11) is -7.47. The second-order valence-corrected chi connectivity index (χ2v) is 11.4. The van der Waals surface area contributed by atoms with Gasteiger partial charge in [0.15, 0.2) is 0 Å². The van der Waals surface area contributed by atoms with Crippen molar-refractivity contribution in [3.63, 3.8) is 0 Å². The molecule has 0 amide bonds. The smallest absolute Gasteiger partial charge is 0.279 e. The number of aryl methyl sites for hydroxylation is 1. The maximum Gasteiger partial charge on any atom is 0.279 e. The van der Waals surface area contributed by atoms with Gasteiger partial charge in [0.05, 0.1) is 22.9 Å². The van der Waals surface area contributed by atoms with E-state index in [0.717, 1.165) is 33.9 Å². The number of anilines is 1. The molecule has 0 saturated heterocycles. The summed E-state index contributed by atoms with van der Waals surface area (Å²) in [5, 5.41) is 4.45. The van der Waals surface area contributed by atoms with Gasteiger partial charge in [-0.25, -0.2) is 12.8 Å². The zero-order chi connectivity index (χ0) is 23.8. The number of hydrogen-bond donors (Lipinski definition) is 1. The van der Waals surface area contributed by atoms with Crippen LogP contribution in [0.25, 0.3) is 0 Å². The molecule has 1 aliphatic rings. The number of halogens is 1. The highest BCUT2D eigenvalue weighted by atomic mass is 32.2. The summed E-state index contributed by atoms with van der Waals surface area (Å²) in [5.74, 6) is -0.530. The van der Waals surface area contributed by atoms with Crippen LogP contribution in [0.3, 0.4) is 0 Å². The van der Waals surface area contributed by atoms with E-state index in [0.29, 0.717) is 23.4 Å². The maximum absolute atomic E-state index is 13.4. The van der Waals surface area contributed by atoms with Gasteiger partial charge in [0.2, 0.25) is 10.0 Å². The van der Waals surface area contributed by atoms with E-state index in [1.54, 1.807) is 24.3 Å². The molecule has 1 atom stereocenters. The number of benzene rings is 3. The number of hydrazone groups is 1. The van der Waals surface area contributed by atoms with Crippen LogP contribution in [-0.2, 0) is 20.0 Å². The van der Waals surface area contributed by atoms with Crippen LogP contribution in [-0.4, -0.2) is 33.2 Å². The second kappa shape index (κ2) is 8.60. The average molecular weight is 488 g/mol. The first-order valence-corrected chi connectivity index (χ1v) is 13.4. The van der Waals surface area contributed by atoms with Crippen molar-refractivity contribution < 1.29 is 21.2 Å². The molecule has 0 bridgehead atoms. The van der Waals surface area contributed by atoms with Crippen molar-refractivity contribution in [3.8, 4) is 0 Å². The highest BCUT2D eigenvalue weighted by molar-refractivity contribution is 7.92. The topological polar surface area (TPSA) is 95.9 Å². The predicted molar refractivity (Wildman–Crippen MR) is 125 cm³/mol. The molecule has 0 radical (unpaired) electrons. The summed E-state index contributed by atoms with van der Waals surface area (Å²) in [5.41, 5.74) is 3.37. The summed E-state index contributed by atoms with van der Waals surface area (Å²) in [6.07, 6.45) is 1.38. The van der Waals surface area contributed by atoms with Gasteiger partial charge in [-0.05, 0) is 54.4 Å². The zero-order valence-electron chi connectivity index (χ0n) is 17.9. The first-order chi connectivity index (χ1) is 15.5. The molecule has 1 heterocycles. The van der Waals surface area contributed by atoms with Gasteiger partial charge in [0.1, 0.15) is 5.82 Å². The van der Waals surface area contributed by atoms with Crippen molar-refractivity contribution in [3.05, 3.63) is 95.3 Å². The molecular weight excluding hydrogens is 465 g/mol. The van der Waals surface area contributed by atoms with Crippen LogP contribution in [0.5, 0.6) is 0 Å². The standard InChI is InChI=1S/C23H22FN3O4S2/c1-16-4-3-5-18(14-16)23-15-22(17-6-10-20(11-7-17)26-32(2,28)29)25-27(23)33(30,31)21-12-8-19(24)9-13-21/h3-14,23,26H,15H2,1-2H3/t23-/m1/s1. The summed E-state index contributed by atoms with van der Waals surface area (Å²) in [6.45, 7) is 1.92. The van der Waals surface area contributed by atoms with Gasteiger partial charge >= 0.3 is 0 Å². The van der Waals surface area contributed by atoms with Crippen LogP contribution in [0.4, 0.5) is 10.1 Å². The van der Waals surface area contributed by atoms with Gasteiger partial charge in [-0.3, -0.25) is 4.72 Å². The molecular formula is C23H22FN3O4S2. The predicted octanol–water partition coefficient (Wildman–Crippen LogP) is 4.05. The highest BCUT2D eigenvalue weighted by Crippen LogP contribution is 2.37. The van der Waals surface area contributed by atoms with Crippen molar-refractivity contribution in [1.29, 1.82) is 0 Å². The van der Waals surface area contributed by atoms with Crippen molar-refractivity contribution in [2.45, 2.75) is 24.3 Å². The van der Waals surface area contributed by atoms with Crippen LogP contribution in [0, 0.1) is 12.7 Å². The van der Waals surface area contributed by atoms with Crippen LogP contribution >= 0.6 is 0 Å². The molecule has 0 spiro atoms. The Balaban J connectivity index is 1.74. The molecule has 172 valence electrons. The lowest BCUT2D eigenvalue weighted by molar-refractivity contribution is 0.371. The normalized spacial score (nSPS) is 16.5. The minimum atomic E-state index is -4.05. The average Bonchev–Trinajstić information content (AvgIpc) is 3.20. The Morgan fingerprint density at radius 1 is 0.970 bits per heavy atom. The lowest BCUT2D eigenvalue weighted by atomic mass is 9.98. The van der Waals surface area contributed by atoms with E-state index in [9.17, 15) is 21.2 Å². The summed E-state index contributed by atoms with van der Waals surface area (Å²) in [6, 6.07) is 18.2. The zero-order valence-corrected chi connectivity index (χ0v) is 19.6. The Kier molecular flexibility index (Phi) is 5.98. The molecule has 0 unspecified atom stereocenters. The number of nitrogens with one attached hydrogen (secondary N) is 1. The first-order valence-electron chi connectivity index (χ1n) is 10.1. The summed E-state index contributed by atoms with van der Waals surface area (Å²) >= 11 is 0. The van der Waals surface area contributed by atoms with Gasteiger partial charge < -0.3 is 0 Å². The van der Waals surface area contributed by atoms with Gasteiger partial charge in [-0.2, -0.15) is 17.9 Å². The quantitative estimate of drug-likeness (QED) is 0.568. The lowest BCUT2D eigenvalue weighted by Crippen LogP contribution is -2.27. The van der Waals surface area contributed by atoms with Gasteiger partial charge in [0.25, 0.3) is 10.0 Å². The molecule has 0 aromatic heterocycles. The molecule has 1 N–H and O–H groups in total. The first kappa shape index (κ1) is 22.9. The van der Waals surface area contributed by atoms with Crippen molar-refractivity contribution in [1.82, 2.24) is 4.41 Å². The van der Waals surface area contributed by atoms with Crippen molar-refractivity contribution >= 4 is 31.4 Å².